The molecule has 0 fully saturated rings. The van der Waals surface area contributed by atoms with E-state index in [2.05, 4.69) is 5.32 Å². The van der Waals surface area contributed by atoms with Crippen LogP contribution in [0.4, 0.5) is 0 Å². The summed E-state index contributed by atoms with van der Waals surface area (Å²) in [5, 5.41) is 12.7. The van der Waals surface area contributed by atoms with E-state index in [4.69, 9.17) is 4.74 Å². The van der Waals surface area contributed by atoms with E-state index >= 15 is 0 Å². The molecule has 0 bridgehead atoms. The van der Waals surface area contributed by atoms with Gasteiger partial charge in [-0.25, -0.2) is 0 Å². The molecule has 0 aliphatic carbocycles. The van der Waals surface area contributed by atoms with Crippen molar-refractivity contribution in [2.75, 3.05) is 13.7 Å². The summed E-state index contributed by atoms with van der Waals surface area (Å²) in [6.07, 6.45) is 2.44. The lowest BCUT2D eigenvalue weighted by Gasteiger charge is -2.11. The first kappa shape index (κ1) is 15.8. The highest BCUT2D eigenvalue weighted by Gasteiger charge is 2.08. The highest BCUT2D eigenvalue weighted by atomic mass is 16.5. The van der Waals surface area contributed by atoms with Crippen LogP contribution in [0.5, 0.6) is 5.75 Å². The Balaban J connectivity index is 1.83. The number of methoxy groups -OCH3 is 1. The number of hydrogen-bond acceptors (Lipinski definition) is 3. The average Bonchev–Trinajstić information content (AvgIpc) is 2.58. The second-order valence-corrected chi connectivity index (χ2v) is 4.78. The maximum atomic E-state index is 11.7. The summed E-state index contributed by atoms with van der Waals surface area (Å²) < 4.78 is 5.06. The molecule has 2 aromatic rings. The Morgan fingerprint density at radius 2 is 1.86 bits per heavy atom. The molecular formula is C18H19NO3. The number of nitrogens with one attached hydrogen (secondary N) is 1. The largest absolute Gasteiger partial charge is 0.497 e. The molecule has 4 nitrogen and oxygen atoms in total. The molecule has 2 N–H and O–H groups in total. The van der Waals surface area contributed by atoms with Crippen LogP contribution in [0.2, 0.25) is 0 Å². The van der Waals surface area contributed by atoms with Crippen LogP contribution in [0.1, 0.15) is 17.2 Å². The third kappa shape index (κ3) is 4.75. The predicted molar refractivity (Wildman–Crippen MR) is 86.4 cm³/mol. The Labute approximate surface area is 130 Å². The van der Waals surface area contributed by atoms with Gasteiger partial charge in [0.1, 0.15) is 5.75 Å². The highest BCUT2D eigenvalue weighted by Crippen LogP contribution is 2.16. The molecule has 1 amide bonds. The second-order valence-electron chi connectivity index (χ2n) is 4.78. The van der Waals surface area contributed by atoms with Crippen molar-refractivity contribution < 1.29 is 14.6 Å². The first-order valence-electron chi connectivity index (χ1n) is 7.02. The van der Waals surface area contributed by atoms with Gasteiger partial charge in [0.2, 0.25) is 5.91 Å². The number of rotatable bonds is 6. The van der Waals surface area contributed by atoms with Crippen LogP contribution in [0.15, 0.2) is 60.7 Å². The Morgan fingerprint density at radius 1 is 1.18 bits per heavy atom. The van der Waals surface area contributed by atoms with Crippen LogP contribution in [0.3, 0.4) is 0 Å². The van der Waals surface area contributed by atoms with Gasteiger partial charge in [0, 0.05) is 12.6 Å². The smallest absolute Gasteiger partial charge is 0.244 e. The summed E-state index contributed by atoms with van der Waals surface area (Å²) >= 11 is 0. The molecule has 0 saturated carbocycles. The summed E-state index contributed by atoms with van der Waals surface area (Å²) in [5.74, 6) is 0.488. The number of aliphatic hydroxyl groups is 1. The molecule has 0 aliphatic heterocycles. The van der Waals surface area contributed by atoms with Crippen molar-refractivity contribution >= 4 is 12.0 Å². The predicted octanol–water partition coefficient (Wildman–Crippen LogP) is 2.56. The minimum absolute atomic E-state index is 0.157. The van der Waals surface area contributed by atoms with Gasteiger partial charge in [-0.15, -0.1) is 0 Å². The number of amides is 1. The molecule has 0 spiro atoms. The van der Waals surface area contributed by atoms with Crippen molar-refractivity contribution in [3.63, 3.8) is 0 Å². The van der Waals surface area contributed by atoms with E-state index in [-0.39, 0.29) is 12.5 Å². The van der Waals surface area contributed by atoms with Crippen molar-refractivity contribution in [2.24, 2.45) is 0 Å². The third-order valence-corrected chi connectivity index (χ3v) is 3.20. The zero-order valence-corrected chi connectivity index (χ0v) is 12.4. The lowest BCUT2D eigenvalue weighted by atomic mass is 10.1. The van der Waals surface area contributed by atoms with Crippen LogP contribution in [-0.2, 0) is 4.79 Å². The van der Waals surface area contributed by atoms with Gasteiger partial charge < -0.3 is 15.2 Å². The molecule has 1 atom stereocenters. The molecule has 114 valence electrons. The van der Waals surface area contributed by atoms with E-state index in [1.807, 2.05) is 30.3 Å². The Kier molecular flexibility index (Phi) is 5.74. The lowest BCUT2D eigenvalue weighted by Crippen LogP contribution is -2.26. The second kappa shape index (κ2) is 8.00. The molecule has 0 aromatic heterocycles. The van der Waals surface area contributed by atoms with Gasteiger partial charge in [-0.3, -0.25) is 4.79 Å². The number of carbonyl (C=O) groups excluding carboxylic acids is 1. The monoisotopic (exact) mass is 297 g/mol. The molecule has 0 saturated heterocycles. The third-order valence-electron chi connectivity index (χ3n) is 3.20. The Hall–Kier alpha value is -2.59. The first-order valence-corrected chi connectivity index (χ1v) is 7.02. The fraction of sp³-hybridized carbons (Fsp3) is 0.167. The number of aliphatic hydroxyl groups excluding tert-OH is 1. The highest BCUT2D eigenvalue weighted by molar-refractivity contribution is 5.91. The van der Waals surface area contributed by atoms with Crippen molar-refractivity contribution in [3.8, 4) is 5.75 Å². The molecule has 2 rings (SSSR count). The molecular weight excluding hydrogens is 278 g/mol. The van der Waals surface area contributed by atoms with Gasteiger partial charge in [-0.1, -0.05) is 42.5 Å². The Bertz CT molecular complexity index is 621. The maximum Gasteiger partial charge on any atom is 0.244 e. The van der Waals surface area contributed by atoms with Crippen LogP contribution in [0, 0.1) is 0 Å². The van der Waals surface area contributed by atoms with Gasteiger partial charge in [0.25, 0.3) is 0 Å². The van der Waals surface area contributed by atoms with E-state index in [0.29, 0.717) is 0 Å². The number of hydrogen-bond donors (Lipinski definition) is 2. The quantitative estimate of drug-likeness (QED) is 0.806. The minimum atomic E-state index is -0.750. The maximum absolute atomic E-state index is 11.7. The van der Waals surface area contributed by atoms with E-state index in [1.165, 1.54) is 6.08 Å². The van der Waals surface area contributed by atoms with Crippen LogP contribution in [0.25, 0.3) is 6.08 Å². The zero-order valence-electron chi connectivity index (χ0n) is 12.4. The van der Waals surface area contributed by atoms with E-state index in [9.17, 15) is 9.90 Å². The van der Waals surface area contributed by atoms with Crippen LogP contribution in [-0.4, -0.2) is 24.7 Å². The average molecular weight is 297 g/mol. The van der Waals surface area contributed by atoms with Gasteiger partial charge in [0.15, 0.2) is 0 Å². The van der Waals surface area contributed by atoms with Crippen molar-refractivity contribution in [1.29, 1.82) is 0 Å². The van der Waals surface area contributed by atoms with Gasteiger partial charge in [-0.2, -0.15) is 0 Å². The number of benzene rings is 2. The fourth-order valence-corrected chi connectivity index (χ4v) is 1.94. The molecule has 4 heteroatoms. The molecule has 2 aromatic carbocycles. The van der Waals surface area contributed by atoms with Crippen LogP contribution >= 0.6 is 0 Å². The van der Waals surface area contributed by atoms with E-state index in [0.717, 1.165) is 16.9 Å². The Morgan fingerprint density at radius 3 is 2.50 bits per heavy atom. The summed E-state index contributed by atoms with van der Waals surface area (Å²) in [6, 6.07) is 16.7. The van der Waals surface area contributed by atoms with Crippen molar-refractivity contribution in [2.45, 2.75) is 6.10 Å². The standard InChI is InChI=1S/C18H19NO3/c1-22-16-10-8-15(9-11-16)17(20)13-19-18(21)12-7-14-5-3-2-4-6-14/h2-12,17,20H,13H2,1H3,(H,19,21)/t17-/m1/s1. The topological polar surface area (TPSA) is 58.6 Å². The van der Waals surface area contributed by atoms with E-state index < -0.39 is 6.10 Å². The summed E-state index contributed by atoms with van der Waals surface area (Å²) in [6.45, 7) is 0.157. The SMILES string of the molecule is COc1ccc([C@H](O)CNC(=O)C=Cc2ccccc2)cc1. The first-order chi connectivity index (χ1) is 10.7. The lowest BCUT2D eigenvalue weighted by molar-refractivity contribution is -0.116. The molecule has 0 unspecified atom stereocenters. The summed E-state index contributed by atoms with van der Waals surface area (Å²) in [5.41, 5.74) is 1.68. The minimum Gasteiger partial charge on any atom is -0.497 e. The van der Waals surface area contributed by atoms with Crippen molar-refractivity contribution in [1.82, 2.24) is 5.32 Å². The van der Waals surface area contributed by atoms with Gasteiger partial charge in [-0.05, 0) is 29.3 Å². The normalized spacial score (nSPS) is 12.1. The van der Waals surface area contributed by atoms with E-state index in [1.54, 1.807) is 37.5 Å². The van der Waals surface area contributed by atoms with Gasteiger partial charge >= 0.3 is 0 Å². The van der Waals surface area contributed by atoms with Crippen molar-refractivity contribution in [3.05, 3.63) is 71.8 Å². The molecule has 0 radical (unpaired) electrons. The fourth-order valence-electron chi connectivity index (χ4n) is 1.94. The summed E-state index contributed by atoms with van der Waals surface area (Å²) in [4.78, 5) is 11.7. The van der Waals surface area contributed by atoms with Gasteiger partial charge in [0.05, 0.1) is 13.2 Å². The zero-order chi connectivity index (χ0) is 15.8. The number of carbonyl (C=O) groups is 1. The molecule has 22 heavy (non-hydrogen) atoms. The molecule has 0 heterocycles. The van der Waals surface area contributed by atoms with Crippen LogP contribution < -0.4 is 10.1 Å². The molecule has 0 aliphatic rings. The summed E-state index contributed by atoms with van der Waals surface area (Å²) in [7, 11) is 1.59. The number of ether oxygens (including phenoxy) is 1.